The fourth-order valence-electron chi connectivity index (χ4n) is 2.73. The van der Waals surface area contributed by atoms with Gasteiger partial charge in [0, 0.05) is 18.4 Å². The van der Waals surface area contributed by atoms with Crippen LogP contribution in [0.4, 0.5) is 0 Å². The lowest BCUT2D eigenvalue weighted by molar-refractivity contribution is 0.563. The third-order valence-corrected chi connectivity index (χ3v) is 3.62. The van der Waals surface area contributed by atoms with Crippen LogP contribution in [0.1, 0.15) is 24.0 Å². The van der Waals surface area contributed by atoms with Crippen LogP contribution in [-0.2, 0) is 0 Å². The van der Waals surface area contributed by atoms with Crippen LogP contribution in [0.15, 0.2) is 31.1 Å². The Hall–Kier alpha value is -1.41. The molecule has 2 heteroatoms. The van der Waals surface area contributed by atoms with Gasteiger partial charge < -0.3 is 5.32 Å². The second-order valence-corrected chi connectivity index (χ2v) is 4.62. The average Bonchev–Trinajstić information content (AvgIpc) is 2.89. The van der Waals surface area contributed by atoms with E-state index in [2.05, 4.69) is 29.0 Å². The van der Waals surface area contributed by atoms with E-state index in [9.17, 15) is 0 Å². The zero-order valence-electron chi connectivity index (χ0n) is 9.32. The van der Waals surface area contributed by atoms with E-state index >= 15 is 0 Å². The largest absolute Gasteiger partial charge is 0.313 e. The summed E-state index contributed by atoms with van der Waals surface area (Å²) in [6, 6.07) is 2.84. The quantitative estimate of drug-likeness (QED) is 0.814. The molecular formula is C14H16N2. The Bertz CT molecular complexity index is 448. The molecule has 0 bridgehead atoms. The zero-order valence-corrected chi connectivity index (χ0v) is 9.32. The van der Waals surface area contributed by atoms with Crippen molar-refractivity contribution in [3.8, 4) is 0 Å². The fraction of sp³-hybridized carbons (Fsp3) is 0.357. The SMILES string of the molecule is C=Cc1cncc(C2=C[C@H]3CCN[C@H]3C2)c1. The molecule has 16 heavy (non-hydrogen) atoms. The number of nitrogens with one attached hydrogen (secondary N) is 1. The highest BCUT2D eigenvalue weighted by atomic mass is 15.0. The molecule has 3 rings (SSSR count). The lowest BCUT2D eigenvalue weighted by Gasteiger charge is -2.08. The van der Waals surface area contributed by atoms with Crippen molar-refractivity contribution < 1.29 is 0 Å². The molecule has 2 atom stereocenters. The Balaban J connectivity index is 1.90. The average molecular weight is 212 g/mol. The minimum Gasteiger partial charge on any atom is -0.313 e. The van der Waals surface area contributed by atoms with Gasteiger partial charge in [0.2, 0.25) is 0 Å². The number of rotatable bonds is 2. The van der Waals surface area contributed by atoms with E-state index in [1.54, 1.807) is 0 Å². The highest BCUT2D eigenvalue weighted by Crippen LogP contribution is 2.36. The van der Waals surface area contributed by atoms with Gasteiger partial charge in [-0.05, 0) is 48.1 Å². The summed E-state index contributed by atoms with van der Waals surface area (Å²) in [5, 5.41) is 3.55. The van der Waals surface area contributed by atoms with Gasteiger partial charge in [-0.25, -0.2) is 0 Å². The van der Waals surface area contributed by atoms with Crippen LogP contribution in [-0.4, -0.2) is 17.6 Å². The molecule has 1 aromatic rings. The van der Waals surface area contributed by atoms with Crippen LogP contribution in [0.25, 0.3) is 11.6 Å². The van der Waals surface area contributed by atoms with E-state index < -0.39 is 0 Å². The van der Waals surface area contributed by atoms with Gasteiger partial charge in [0.25, 0.3) is 0 Å². The van der Waals surface area contributed by atoms with Crippen LogP contribution in [0, 0.1) is 5.92 Å². The van der Waals surface area contributed by atoms with Crippen molar-refractivity contribution in [1.82, 2.24) is 10.3 Å². The standard InChI is InChI=1S/C14H16N2/c1-2-10-5-13(9-15-8-10)12-6-11-3-4-16-14(11)7-12/h2,5-6,8-9,11,14,16H,1,3-4,7H2/t11-,14+/m1/s1. The van der Waals surface area contributed by atoms with Gasteiger partial charge >= 0.3 is 0 Å². The Morgan fingerprint density at radius 3 is 3.19 bits per heavy atom. The summed E-state index contributed by atoms with van der Waals surface area (Å²) in [5.74, 6) is 0.738. The number of hydrogen-bond acceptors (Lipinski definition) is 2. The normalized spacial score (nSPS) is 27.6. The number of pyridine rings is 1. The summed E-state index contributed by atoms with van der Waals surface area (Å²) < 4.78 is 0. The summed E-state index contributed by atoms with van der Waals surface area (Å²) in [6.07, 6.45) is 10.5. The predicted octanol–water partition coefficient (Wildman–Crippen LogP) is 2.49. The van der Waals surface area contributed by atoms with E-state index in [1.807, 2.05) is 18.5 Å². The first-order chi connectivity index (χ1) is 7.86. The van der Waals surface area contributed by atoms with Crippen molar-refractivity contribution in [2.24, 2.45) is 5.92 Å². The van der Waals surface area contributed by atoms with Crippen molar-refractivity contribution >= 4 is 11.6 Å². The van der Waals surface area contributed by atoms with E-state index in [4.69, 9.17) is 0 Å². The van der Waals surface area contributed by atoms with E-state index in [1.165, 1.54) is 24.1 Å². The first-order valence-corrected chi connectivity index (χ1v) is 5.89. The van der Waals surface area contributed by atoms with Crippen molar-refractivity contribution in [2.75, 3.05) is 6.54 Å². The molecule has 0 amide bonds. The van der Waals surface area contributed by atoms with E-state index in [-0.39, 0.29) is 0 Å². The lowest BCUT2D eigenvalue weighted by atomic mass is 10.0. The van der Waals surface area contributed by atoms with Crippen LogP contribution in [0.5, 0.6) is 0 Å². The fourth-order valence-corrected chi connectivity index (χ4v) is 2.73. The Labute approximate surface area is 96.1 Å². The minimum atomic E-state index is 0.669. The molecule has 1 aliphatic carbocycles. The smallest absolute Gasteiger partial charge is 0.0343 e. The zero-order chi connectivity index (χ0) is 11.0. The van der Waals surface area contributed by atoms with Gasteiger partial charge in [-0.2, -0.15) is 0 Å². The Morgan fingerprint density at radius 2 is 2.38 bits per heavy atom. The molecule has 0 saturated carbocycles. The number of nitrogens with zero attached hydrogens (tertiary/aromatic N) is 1. The highest BCUT2D eigenvalue weighted by Gasteiger charge is 2.31. The molecule has 0 radical (unpaired) electrons. The Kier molecular flexibility index (Phi) is 2.37. The number of aromatic nitrogens is 1. The maximum atomic E-state index is 4.26. The van der Waals surface area contributed by atoms with Gasteiger partial charge in [0.05, 0.1) is 0 Å². The molecule has 2 aliphatic rings. The maximum absolute atomic E-state index is 4.26. The second kappa shape index (κ2) is 3.87. The van der Waals surface area contributed by atoms with Crippen molar-refractivity contribution in [3.63, 3.8) is 0 Å². The molecule has 1 saturated heterocycles. The predicted molar refractivity (Wildman–Crippen MR) is 66.8 cm³/mol. The van der Waals surface area contributed by atoms with Gasteiger partial charge in [0.1, 0.15) is 0 Å². The topological polar surface area (TPSA) is 24.9 Å². The lowest BCUT2D eigenvalue weighted by Crippen LogP contribution is -2.22. The molecule has 0 unspecified atom stereocenters. The third-order valence-electron chi connectivity index (χ3n) is 3.62. The van der Waals surface area contributed by atoms with E-state index in [0.717, 1.165) is 17.9 Å². The molecule has 2 heterocycles. The number of fused-ring (bicyclic) bond motifs is 1. The first-order valence-electron chi connectivity index (χ1n) is 5.89. The Morgan fingerprint density at radius 1 is 1.44 bits per heavy atom. The summed E-state index contributed by atoms with van der Waals surface area (Å²) in [6.45, 7) is 4.95. The van der Waals surface area contributed by atoms with Gasteiger partial charge in [-0.3, -0.25) is 4.98 Å². The molecule has 1 fully saturated rings. The molecule has 0 aromatic carbocycles. The molecule has 2 nitrogen and oxygen atoms in total. The molecule has 1 aromatic heterocycles. The summed E-state index contributed by atoms with van der Waals surface area (Å²) in [5.41, 5.74) is 3.80. The van der Waals surface area contributed by atoms with Crippen LogP contribution >= 0.6 is 0 Å². The van der Waals surface area contributed by atoms with Crippen LogP contribution in [0.3, 0.4) is 0 Å². The van der Waals surface area contributed by atoms with E-state index in [0.29, 0.717) is 6.04 Å². The molecule has 1 N–H and O–H groups in total. The van der Waals surface area contributed by atoms with Crippen molar-refractivity contribution in [3.05, 3.63) is 42.2 Å². The summed E-state index contributed by atoms with van der Waals surface area (Å²) in [7, 11) is 0. The van der Waals surface area contributed by atoms with Crippen LogP contribution < -0.4 is 5.32 Å². The second-order valence-electron chi connectivity index (χ2n) is 4.62. The molecular weight excluding hydrogens is 196 g/mol. The summed E-state index contributed by atoms with van der Waals surface area (Å²) >= 11 is 0. The van der Waals surface area contributed by atoms with Gasteiger partial charge in [0.15, 0.2) is 0 Å². The monoisotopic (exact) mass is 212 g/mol. The van der Waals surface area contributed by atoms with Gasteiger partial charge in [-0.15, -0.1) is 0 Å². The third kappa shape index (κ3) is 1.59. The minimum absolute atomic E-state index is 0.669. The number of hydrogen-bond donors (Lipinski definition) is 1. The van der Waals surface area contributed by atoms with Crippen molar-refractivity contribution in [2.45, 2.75) is 18.9 Å². The molecule has 1 aliphatic heterocycles. The first kappa shape index (κ1) is 9.79. The maximum Gasteiger partial charge on any atom is 0.0343 e. The van der Waals surface area contributed by atoms with Crippen LogP contribution in [0.2, 0.25) is 0 Å². The highest BCUT2D eigenvalue weighted by molar-refractivity contribution is 5.70. The molecule has 0 spiro atoms. The van der Waals surface area contributed by atoms with Gasteiger partial charge in [-0.1, -0.05) is 18.7 Å². The molecule has 82 valence electrons. The summed E-state index contributed by atoms with van der Waals surface area (Å²) in [4.78, 5) is 4.26. The van der Waals surface area contributed by atoms with Crippen molar-refractivity contribution in [1.29, 1.82) is 0 Å².